The van der Waals surface area contributed by atoms with Gasteiger partial charge in [-0.2, -0.15) is 0 Å². The SMILES string of the molecule is Cc1ccccc1CN(C)CC(=O)N1CCCCCC1. The zero-order chi connectivity index (χ0) is 14.4. The molecule has 1 aromatic carbocycles. The van der Waals surface area contributed by atoms with E-state index in [2.05, 4.69) is 36.1 Å². The number of hydrogen-bond acceptors (Lipinski definition) is 2. The highest BCUT2D eigenvalue weighted by atomic mass is 16.2. The number of carbonyl (C=O) groups is 1. The summed E-state index contributed by atoms with van der Waals surface area (Å²) in [5.41, 5.74) is 2.60. The van der Waals surface area contributed by atoms with Crippen LogP contribution in [0.5, 0.6) is 0 Å². The fourth-order valence-corrected chi connectivity index (χ4v) is 2.79. The third-order valence-corrected chi connectivity index (χ3v) is 4.07. The molecule has 20 heavy (non-hydrogen) atoms. The number of benzene rings is 1. The van der Waals surface area contributed by atoms with Crippen LogP contribution in [0.4, 0.5) is 0 Å². The van der Waals surface area contributed by atoms with Crippen molar-refractivity contribution < 1.29 is 4.79 Å². The predicted octanol–water partition coefficient (Wildman–Crippen LogP) is 2.83. The largest absolute Gasteiger partial charge is 0.342 e. The van der Waals surface area contributed by atoms with Gasteiger partial charge in [-0.1, -0.05) is 37.1 Å². The molecule has 0 radical (unpaired) electrons. The minimum absolute atomic E-state index is 0.281. The van der Waals surface area contributed by atoms with Crippen LogP contribution in [-0.2, 0) is 11.3 Å². The van der Waals surface area contributed by atoms with Crippen molar-refractivity contribution in [1.29, 1.82) is 0 Å². The molecule has 1 fully saturated rings. The molecule has 3 heteroatoms. The lowest BCUT2D eigenvalue weighted by Gasteiger charge is -2.24. The molecule has 1 aliphatic rings. The van der Waals surface area contributed by atoms with E-state index in [1.165, 1.54) is 24.0 Å². The van der Waals surface area contributed by atoms with Crippen LogP contribution in [0.15, 0.2) is 24.3 Å². The maximum atomic E-state index is 12.3. The Hall–Kier alpha value is -1.35. The molecule has 3 nitrogen and oxygen atoms in total. The van der Waals surface area contributed by atoms with Gasteiger partial charge in [0.05, 0.1) is 6.54 Å². The first-order chi connectivity index (χ1) is 9.66. The van der Waals surface area contributed by atoms with Crippen LogP contribution in [0, 0.1) is 6.92 Å². The molecule has 1 aromatic rings. The van der Waals surface area contributed by atoms with E-state index < -0.39 is 0 Å². The Morgan fingerprint density at radius 2 is 1.80 bits per heavy atom. The Bertz CT molecular complexity index is 436. The lowest BCUT2D eigenvalue weighted by molar-refractivity contribution is -0.132. The van der Waals surface area contributed by atoms with Crippen molar-refractivity contribution in [2.24, 2.45) is 0 Å². The van der Waals surface area contributed by atoms with Gasteiger partial charge < -0.3 is 4.90 Å². The number of likely N-dealkylation sites (tertiary alicyclic amines) is 1. The molecule has 0 aliphatic carbocycles. The Labute approximate surface area is 122 Å². The number of carbonyl (C=O) groups excluding carboxylic acids is 1. The molecule has 0 unspecified atom stereocenters. The van der Waals surface area contributed by atoms with Crippen LogP contribution < -0.4 is 0 Å². The lowest BCUT2D eigenvalue weighted by Crippen LogP contribution is -2.39. The smallest absolute Gasteiger partial charge is 0.236 e. The van der Waals surface area contributed by atoms with Crippen molar-refractivity contribution in [2.75, 3.05) is 26.7 Å². The quantitative estimate of drug-likeness (QED) is 0.843. The summed E-state index contributed by atoms with van der Waals surface area (Å²) in [6, 6.07) is 8.38. The first-order valence-corrected chi connectivity index (χ1v) is 7.67. The van der Waals surface area contributed by atoms with Gasteiger partial charge in [-0.25, -0.2) is 0 Å². The van der Waals surface area contributed by atoms with E-state index in [1.54, 1.807) is 0 Å². The highest BCUT2D eigenvalue weighted by Gasteiger charge is 2.17. The van der Waals surface area contributed by atoms with Crippen molar-refractivity contribution >= 4 is 5.91 Å². The summed E-state index contributed by atoms with van der Waals surface area (Å²) in [6.07, 6.45) is 4.85. The molecule has 0 aromatic heterocycles. The summed E-state index contributed by atoms with van der Waals surface area (Å²) in [7, 11) is 2.03. The zero-order valence-electron chi connectivity index (χ0n) is 12.8. The lowest BCUT2D eigenvalue weighted by atomic mass is 10.1. The summed E-state index contributed by atoms with van der Waals surface area (Å²) >= 11 is 0. The average Bonchev–Trinajstić information content (AvgIpc) is 2.70. The van der Waals surface area contributed by atoms with Gasteiger partial charge in [0.2, 0.25) is 5.91 Å². The summed E-state index contributed by atoms with van der Waals surface area (Å²) < 4.78 is 0. The fraction of sp³-hybridized carbons (Fsp3) is 0.588. The maximum absolute atomic E-state index is 12.3. The molecule has 1 heterocycles. The molecule has 1 amide bonds. The van der Waals surface area contributed by atoms with Gasteiger partial charge in [0.25, 0.3) is 0 Å². The molecule has 0 N–H and O–H groups in total. The van der Waals surface area contributed by atoms with Crippen LogP contribution in [0.25, 0.3) is 0 Å². The molecule has 0 bridgehead atoms. The number of amides is 1. The number of likely N-dealkylation sites (N-methyl/N-ethyl adjacent to an activating group) is 1. The third-order valence-electron chi connectivity index (χ3n) is 4.07. The first kappa shape index (κ1) is 15.0. The molecule has 0 spiro atoms. The van der Waals surface area contributed by atoms with Crippen molar-refractivity contribution in [2.45, 2.75) is 39.2 Å². The van der Waals surface area contributed by atoms with E-state index >= 15 is 0 Å². The molecular formula is C17H26N2O. The Morgan fingerprint density at radius 1 is 1.15 bits per heavy atom. The Morgan fingerprint density at radius 3 is 2.45 bits per heavy atom. The van der Waals surface area contributed by atoms with Crippen LogP contribution >= 0.6 is 0 Å². The molecular weight excluding hydrogens is 248 g/mol. The minimum atomic E-state index is 0.281. The summed E-state index contributed by atoms with van der Waals surface area (Å²) in [5.74, 6) is 0.281. The predicted molar refractivity (Wildman–Crippen MR) is 82.6 cm³/mol. The molecule has 0 atom stereocenters. The van der Waals surface area contributed by atoms with Gasteiger partial charge in [0.15, 0.2) is 0 Å². The van der Waals surface area contributed by atoms with E-state index in [9.17, 15) is 4.79 Å². The van der Waals surface area contributed by atoms with Gasteiger partial charge >= 0.3 is 0 Å². The maximum Gasteiger partial charge on any atom is 0.236 e. The second-order valence-corrected chi connectivity index (χ2v) is 5.89. The van der Waals surface area contributed by atoms with E-state index in [-0.39, 0.29) is 5.91 Å². The third kappa shape index (κ3) is 4.34. The Kier molecular flexibility index (Phi) is 5.60. The second-order valence-electron chi connectivity index (χ2n) is 5.89. The number of hydrogen-bond donors (Lipinski definition) is 0. The molecule has 1 aliphatic heterocycles. The van der Waals surface area contributed by atoms with Gasteiger partial charge in [-0.15, -0.1) is 0 Å². The van der Waals surface area contributed by atoms with Crippen molar-refractivity contribution in [3.63, 3.8) is 0 Å². The van der Waals surface area contributed by atoms with E-state index in [4.69, 9.17) is 0 Å². The van der Waals surface area contributed by atoms with Gasteiger partial charge in [0.1, 0.15) is 0 Å². The number of aryl methyl sites for hydroxylation is 1. The van der Waals surface area contributed by atoms with Gasteiger partial charge in [0, 0.05) is 19.6 Å². The van der Waals surface area contributed by atoms with Crippen molar-refractivity contribution in [3.8, 4) is 0 Å². The standard InChI is InChI=1S/C17H26N2O/c1-15-9-5-6-10-16(15)13-18(2)14-17(20)19-11-7-3-4-8-12-19/h5-6,9-10H,3-4,7-8,11-14H2,1-2H3. The summed E-state index contributed by atoms with van der Waals surface area (Å²) in [5, 5.41) is 0. The molecule has 110 valence electrons. The van der Waals surface area contributed by atoms with E-state index in [0.717, 1.165) is 32.5 Å². The van der Waals surface area contributed by atoms with Crippen LogP contribution in [0.3, 0.4) is 0 Å². The second kappa shape index (κ2) is 7.44. The summed E-state index contributed by atoms with van der Waals surface area (Å²) in [6.45, 7) is 5.37. The zero-order valence-corrected chi connectivity index (χ0v) is 12.8. The van der Waals surface area contributed by atoms with Crippen molar-refractivity contribution in [3.05, 3.63) is 35.4 Å². The number of rotatable bonds is 4. The van der Waals surface area contributed by atoms with E-state index in [1.807, 2.05) is 11.9 Å². The van der Waals surface area contributed by atoms with Crippen molar-refractivity contribution in [1.82, 2.24) is 9.80 Å². The highest BCUT2D eigenvalue weighted by Crippen LogP contribution is 2.12. The monoisotopic (exact) mass is 274 g/mol. The Balaban J connectivity index is 1.85. The molecule has 0 saturated carbocycles. The normalized spacial score (nSPS) is 16.2. The fourth-order valence-electron chi connectivity index (χ4n) is 2.79. The highest BCUT2D eigenvalue weighted by molar-refractivity contribution is 5.78. The van der Waals surface area contributed by atoms with Crippen LogP contribution in [0.1, 0.15) is 36.8 Å². The molecule has 1 saturated heterocycles. The minimum Gasteiger partial charge on any atom is -0.342 e. The average molecular weight is 274 g/mol. The van der Waals surface area contributed by atoms with Gasteiger partial charge in [-0.05, 0) is 37.9 Å². The van der Waals surface area contributed by atoms with Gasteiger partial charge in [-0.3, -0.25) is 9.69 Å². The molecule has 2 rings (SSSR count). The number of nitrogens with zero attached hydrogens (tertiary/aromatic N) is 2. The van der Waals surface area contributed by atoms with Crippen LogP contribution in [0.2, 0.25) is 0 Å². The topological polar surface area (TPSA) is 23.6 Å². The van der Waals surface area contributed by atoms with Crippen LogP contribution in [-0.4, -0.2) is 42.4 Å². The summed E-state index contributed by atoms with van der Waals surface area (Å²) in [4.78, 5) is 16.5. The van der Waals surface area contributed by atoms with E-state index in [0.29, 0.717) is 6.54 Å². The first-order valence-electron chi connectivity index (χ1n) is 7.67.